The maximum atomic E-state index is 8.74. The van der Waals surface area contributed by atoms with Crippen LogP contribution in [0.4, 0.5) is 11.4 Å². The third-order valence-electron chi connectivity index (χ3n) is 3.87. The Kier molecular flexibility index (Phi) is 7.65. The van der Waals surface area contributed by atoms with Crippen molar-refractivity contribution in [3.63, 3.8) is 0 Å². The van der Waals surface area contributed by atoms with Crippen LogP contribution in [0, 0.1) is 11.3 Å². The van der Waals surface area contributed by atoms with Crippen LogP contribution in [0.25, 0.3) is 0 Å². The fourth-order valence-electron chi connectivity index (χ4n) is 2.42. The van der Waals surface area contributed by atoms with Gasteiger partial charge in [-0.05, 0) is 61.7 Å². The van der Waals surface area contributed by atoms with Crippen molar-refractivity contribution in [2.75, 3.05) is 0 Å². The molecule has 0 fully saturated rings. The molecule has 0 aromatic heterocycles. The first kappa shape index (κ1) is 18.7. The number of ether oxygens (including phenoxy) is 1. The number of nitriles is 1. The second-order valence-corrected chi connectivity index (χ2v) is 6.06. The molecule has 0 aliphatic rings. The van der Waals surface area contributed by atoms with Crippen LogP contribution in [0.5, 0.6) is 5.75 Å². The number of benzene rings is 2. The van der Waals surface area contributed by atoms with Crippen molar-refractivity contribution >= 4 is 11.4 Å². The zero-order chi connectivity index (χ0) is 17.9. The first-order valence-corrected chi connectivity index (χ1v) is 8.88. The SMILES string of the molecule is CCCCCCc1ccc(N=Nc2ccc(OC(C)C#N)cc2)cc1. The summed E-state index contributed by atoms with van der Waals surface area (Å²) >= 11 is 0. The maximum absolute atomic E-state index is 8.74. The summed E-state index contributed by atoms with van der Waals surface area (Å²) in [6.07, 6.45) is 5.78. The van der Waals surface area contributed by atoms with Crippen LogP contribution in [0.15, 0.2) is 58.8 Å². The molecule has 0 aliphatic heterocycles. The molecule has 0 heterocycles. The molecule has 0 N–H and O–H groups in total. The van der Waals surface area contributed by atoms with Crippen LogP contribution >= 0.6 is 0 Å². The van der Waals surface area contributed by atoms with Gasteiger partial charge in [0.15, 0.2) is 6.10 Å². The summed E-state index contributed by atoms with van der Waals surface area (Å²) < 4.78 is 5.41. The van der Waals surface area contributed by atoms with Crippen LogP contribution in [0.1, 0.15) is 45.1 Å². The number of nitrogens with zero attached hydrogens (tertiary/aromatic N) is 3. The molecule has 1 unspecified atom stereocenters. The van der Waals surface area contributed by atoms with Crippen molar-refractivity contribution in [2.24, 2.45) is 10.2 Å². The lowest BCUT2D eigenvalue weighted by atomic mass is 10.1. The Bertz CT molecular complexity index is 699. The number of hydrogen-bond acceptors (Lipinski definition) is 4. The second kappa shape index (κ2) is 10.2. The number of unbranched alkanes of at least 4 members (excludes halogenated alkanes) is 3. The fraction of sp³-hybridized carbons (Fsp3) is 0.381. The van der Waals surface area contributed by atoms with E-state index < -0.39 is 6.10 Å². The monoisotopic (exact) mass is 335 g/mol. The number of hydrogen-bond donors (Lipinski definition) is 0. The van der Waals surface area contributed by atoms with Crippen molar-refractivity contribution < 1.29 is 4.74 Å². The van der Waals surface area contributed by atoms with E-state index in [2.05, 4.69) is 29.3 Å². The Labute approximate surface area is 150 Å². The van der Waals surface area contributed by atoms with Gasteiger partial charge >= 0.3 is 0 Å². The standard InChI is InChI=1S/C21H25N3O/c1-3-4-5-6-7-18-8-10-19(11-9-18)23-24-20-12-14-21(15-13-20)25-17(2)16-22/h8-15,17H,3-7H2,1-2H3. The van der Waals surface area contributed by atoms with Crippen molar-refractivity contribution in [3.05, 3.63) is 54.1 Å². The molecule has 2 rings (SSSR count). The lowest BCUT2D eigenvalue weighted by Gasteiger charge is -2.06. The number of aryl methyl sites for hydroxylation is 1. The van der Waals surface area contributed by atoms with Crippen molar-refractivity contribution in [2.45, 2.75) is 52.1 Å². The summed E-state index contributed by atoms with van der Waals surface area (Å²) in [6.45, 7) is 3.94. The van der Waals surface area contributed by atoms with Gasteiger partial charge in [-0.1, -0.05) is 38.3 Å². The Balaban J connectivity index is 1.87. The summed E-state index contributed by atoms with van der Waals surface area (Å²) in [5.74, 6) is 0.653. The van der Waals surface area contributed by atoms with Crippen LogP contribution in [0.2, 0.25) is 0 Å². The summed E-state index contributed by atoms with van der Waals surface area (Å²) in [4.78, 5) is 0. The summed E-state index contributed by atoms with van der Waals surface area (Å²) in [5, 5.41) is 17.2. The molecular formula is C21H25N3O. The van der Waals surface area contributed by atoms with Gasteiger partial charge in [-0.3, -0.25) is 0 Å². The molecule has 25 heavy (non-hydrogen) atoms. The van der Waals surface area contributed by atoms with Crippen LogP contribution in [-0.2, 0) is 6.42 Å². The van der Waals surface area contributed by atoms with Gasteiger partial charge in [-0.25, -0.2) is 0 Å². The molecule has 0 bridgehead atoms. The maximum Gasteiger partial charge on any atom is 0.181 e. The van der Waals surface area contributed by atoms with Gasteiger partial charge in [0.05, 0.1) is 11.4 Å². The van der Waals surface area contributed by atoms with Gasteiger partial charge < -0.3 is 4.74 Å². The van der Waals surface area contributed by atoms with E-state index in [-0.39, 0.29) is 0 Å². The van der Waals surface area contributed by atoms with E-state index in [1.807, 2.05) is 30.3 Å². The van der Waals surface area contributed by atoms with Crippen molar-refractivity contribution in [1.82, 2.24) is 0 Å². The third-order valence-corrected chi connectivity index (χ3v) is 3.87. The van der Waals surface area contributed by atoms with E-state index >= 15 is 0 Å². The Morgan fingerprint density at radius 1 is 0.920 bits per heavy atom. The van der Waals surface area contributed by atoms with Crippen LogP contribution in [0.3, 0.4) is 0 Å². The van der Waals surface area contributed by atoms with Gasteiger partial charge in [0.2, 0.25) is 0 Å². The Morgan fingerprint density at radius 2 is 1.52 bits per heavy atom. The minimum absolute atomic E-state index is 0.465. The topological polar surface area (TPSA) is 57.7 Å². The first-order chi connectivity index (χ1) is 12.2. The predicted molar refractivity (Wildman–Crippen MR) is 101 cm³/mol. The van der Waals surface area contributed by atoms with E-state index in [1.54, 1.807) is 19.1 Å². The van der Waals surface area contributed by atoms with E-state index in [1.165, 1.54) is 31.2 Å². The highest BCUT2D eigenvalue weighted by atomic mass is 16.5. The average Bonchev–Trinajstić information content (AvgIpc) is 2.65. The van der Waals surface area contributed by atoms with Gasteiger partial charge in [0.1, 0.15) is 11.8 Å². The Morgan fingerprint density at radius 3 is 2.08 bits per heavy atom. The summed E-state index contributed by atoms with van der Waals surface area (Å²) in [5.41, 5.74) is 2.94. The van der Waals surface area contributed by atoms with Gasteiger partial charge in [0, 0.05) is 0 Å². The summed E-state index contributed by atoms with van der Waals surface area (Å²) in [6, 6.07) is 17.5. The van der Waals surface area contributed by atoms with E-state index in [0.29, 0.717) is 5.75 Å². The van der Waals surface area contributed by atoms with Gasteiger partial charge in [-0.2, -0.15) is 15.5 Å². The van der Waals surface area contributed by atoms with Crippen molar-refractivity contribution in [3.8, 4) is 11.8 Å². The largest absolute Gasteiger partial charge is 0.476 e. The highest BCUT2D eigenvalue weighted by molar-refractivity contribution is 5.43. The number of rotatable bonds is 9. The van der Waals surface area contributed by atoms with E-state index in [4.69, 9.17) is 10.00 Å². The molecule has 0 amide bonds. The molecule has 0 radical (unpaired) electrons. The lowest BCUT2D eigenvalue weighted by molar-refractivity contribution is 0.276. The quantitative estimate of drug-likeness (QED) is 0.387. The van der Waals surface area contributed by atoms with Crippen LogP contribution < -0.4 is 4.74 Å². The van der Waals surface area contributed by atoms with Crippen molar-refractivity contribution in [1.29, 1.82) is 5.26 Å². The van der Waals surface area contributed by atoms with E-state index in [0.717, 1.165) is 17.8 Å². The molecule has 130 valence electrons. The van der Waals surface area contributed by atoms with E-state index in [9.17, 15) is 0 Å². The molecular weight excluding hydrogens is 310 g/mol. The minimum Gasteiger partial charge on any atom is -0.476 e. The average molecular weight is 335 g/mol. The third kappa shape index (κ3) is 6.76. The normalized spacial score (nSPS) is 12.0. The van der Waals surface area contributed by atoms with Gasteiger partial charge in [0.25, 0.3) is 0 Å². The highest BCUT2D eigenvalue weighted by Crippen LogP contribution is 2.22. The zero-order valence-electron chi connectivity index (χ0n) is 15.0. The fourth-order valence-corrected chi connectivity index (χ4v) is 2.42. The lowest BCUT2D eigenvalue weighted by Crippen LogP contribution is -2.07. The summed E-state index contributed by atoms with van der Waals surface area (Å²) in [7, 11) is 0. The van der Waals surface area contributed by atoms with Gasteiger partial charge in [-0.15, -0.1) is 0 Å². The molecule has 4 nitrogen and oxygen atoms in total. The zero-order valence-corrected chi connectivity index (χ0v) is 15.0. The molecule has 2 aromatic rings. The molecule has 2 aromatic carbocycles. The molecule has 4 heteroatoms. The second-order valence-electron chi connectivity index (χ2n) is 6.06. The van der Waals surface area contributed by atoms with Crippen LogP contribution in [-0.4, -0.2) is 6.10 Å². The number of azo groups is 1. The predicted octanol–water partition coefficient (Wildman–Crippen LogP) is 6.52. The molecule has 0 aliphatic carbocycles. The molecule has 0 saturated heterocycles. The smallest absolute Gasteiger partial charge is 0.181 e. The minimum atomic E-state index is -0.465. The molecule has 0 saturated carbocycles. The molecule has 0 spiro atoms. The molecule has 1 atom stereocenters. The highest BCUT2D eigenvalue weighted by Gasteiger charge is 2.01. The first-order valence-electron chi connectivity index (χ1n) is 8.88. The Hall–Kier alpha value is -2.67.